The summed E-state index contributed by atoms with van der Waals surface area (Å²) in [6, 6.07) is 3.03. The van der Waals surface area contributed by atoms with Gasteiger partial charge in [0.05, 0.1) is 0 Å². The molecule has 0 spiro atoms. The number of hydrogen-bond donors (Lipinski definition) is 0. The molecule has 3 heteroatoms. The number of nitrogens with zero attached hydrogens (tertiary/aromatic N) is 1. The van der Waals surface area contributed by atoms with Crippen LogP contribution in [-0.4, -0.2) is 10.4 Å². The monoisotopic (exact) mass is 165 g/mol. The molecule has 64 valence electrons. The van der Waals surface area contributed by atoms with Crippen molar-refractivity contribution in [2.45, 2.75) is 13.3 Å². The summed E-state index contributed by atoms with van der Waals surface area (Å²) in [6.07, 6.45) is 2.04. The van der Waals surface area contributed by atoms with Crippen LogP contribution in [-0.2, 0) is 7.05 Å². The maximum atomic E-state index is 11.1. The molecular formula is C9H11NO2. The van der Waals surface area contributed by atoms with Crippen LogP contribution < -0.4 is 5.56 Å². The molecule has 1 aromatic heterocycles. The van der Waals surface area contributed by atoms with Gasteiger partial charge in [-0.25, -0.2) is 0 Å². The zero-order valence-corrected chi connectivity index (χ0v) is 7.20. The summed E-state index contributed by atoms with van der Waals surface area (Å²) in [7, 11) is 1.66. The summed E-state index contributed by atoms with van der Waals surface area (Å²) >= 11 is 0. The summed E-state index contributed by atoms with van der Waals surface area (Å²) in [5.41, 5.74) is 0.356. The molecule has 0 radical (unpaired) electrons. The Morgan fingerprint density at radius 2 is 2.25 bits per heavy atom. The van der Waals surface area contributed by atoms with Crippen molar-refractivity contribution < 1.29 is 4.79 Å². The van der Waals surface area contributed by atoms with Gasteiger partial charge in [0.15, 0.2) is 5.78 Å². The standard InChI is InChI=1S/C9H11NO2/c1-3-8(11)7-4-5-10(2)9(12)6-7/h4-6H,3H2,1-2H3. The number of rotatable bonds is 2. The van der Waals surface area contributed by atoms with Crippen LogP contribution in [0.25, 0.3) is 0 Å². The van der Waals surface area contributed by atoms with Crippen molar-refractivity contribution >= 4 is 5.78 Å². The Morgan fingerprint density at radius 1 is 1.58 bits per heavy atom. The summed E-state index contributed by atoms with van der Waals surface area (Å²) in [6.45, 7) is 1.78. The first-order chi connectivity index (χ1) is 5.65. The van der Waals surface area contributed by atoms with Gasteiger partial charge in [-0.2, -0.15) is 0 Å². The van der Waals surface area contributed by atoms with Gasteiger partial charge in [-0.15, -0.1) is 0 Å². The Hall–Kier alpha value is -1.38. The number of carbonyl (C=O) groups is 1. The molecule has 12 heavy (non-hydrogen) atoms. The van der Waals surface area contributed by atoms with Crippen LogP contribution in [0.15, 0.2) is 23.1 Å². The van der Waals surface area contributed by atoms with E-state index in [0.717, 1.165) is 0 Å². The molecule has 1 rings (SSSR count). The summed E-state index contributed by atoms with van der Waals surface area (Å²) in [5, 5.41) is 0. The number of hydrogen-bond acceptors (Lipinski definition) is 2. The third-order valence-electron chi connectivity index (χ3n) is 1.75. The minimum absolute atomic E-state index is 0.00713. The molecule has 0 amide bonds. The molecule has 0 aliphatic heterocycles. The molecule has 0 aromatic carbocycles. The summed E-state index contributed by atoms with van der Waals surface area (Å²) in [5.74, 6) is 0.00713. The van der Waals surface area contributed by atoms with Crippen LogP contribution in [0.2, 0.25) is 0 Å². The molecule has 0 bridgehead atoms. The maximum absolute atomic E-state index is 11.1. The molecule has 0 N–H and O–H groups in total. The smallest absolute Gasteiger partial charge is 0.250 e. The van der Waals surface area contributed by atoms with Crippen molar-refractivity contribution in [1.29, 1.82) is 0 Å². The second kappa shape index (κ2) is 3.34. The lowest BCUT2D eigenvalue weighted by atomic mass is 10.1. The van der Waals surface area contributed by atoms with E-state index in [0.29, 0.717) is 12.0 Å². The molecule has 0 unspecified atom stereocenters. The van der Waals surface area contributed by atoms with Crippen LogP contribution >= 0.6 is 0 Å². The number of pyridine rings is 1. The quantitative estimate of drug-likeness (QED) is 0.613. The van der Waals surface area contributed by atoms with Crippen LogP contribution in [0.4, 0.5) is 0 Å². The maximum Gasteiger partial charge on any atom is 0.250 e. The van der Waals surface area contributed by atoms with Crippen molar-refractivity contribution in [3.8, 4) is 0 Å². The van der Waals surface area contributed by atoms with Gasteiger partial charge in [0, 0.05) is 31.3 Å². The third-order valence-corrected chi connectivity index (χ3v) is 1.75. The van der Waals surface area contributed by atoms with E-state index in [9.17, 15) is 9.59 Å². The Morgan fingerprint density at radius 3 is 2.75 bits per heavy atom. The summed E-state index contributed by atoms with van der Waals surface area (Å²) < 4.78 is 1.44. The Bertz CT molecular complexity index is 352. The number of carbonyl (C=O) groups excluding carboxylic acids is 1. The minimum atomic E-state index is -0.144. The van der Waals surface area contributed by atoms with E-state index in [-0.39, 0.29) is 11.3 Å². The topological polar surface area (TPSA) is 39.1 Å². The van der Waals surface area contributed by atoms with Crippen LogP contribution in [0.3, 0.4) is 0 Å². The molecule has 0 saturated heterocycles. The van der Waals surface area contributed by atoms with Gasteiger partial charge in [-0.1, -0.05) is 6.92 Å². The highest BCUT2D eigenvalue weighted by Gasteiger charge is 2.02. The molecule has 1 heterocycles. The van der Waals surface area contributed by atoms with Gasteiger partial charge in [-0.05, 0) is 6.07 Å². The second-order valence-electron chi connectivity index (χ2n) is 2.64. The predicted molar refractivity (Wildman–Crippen MR) is 46.3 cm³/mol. The molecule has 1 aromatic rings. The first-order valence-corrected chi connectivity index (χ1v) is 3.85. The van der Waals surface area contributed by atoms with Crippen molar-refractivity contribution in [2.75, 3.05) is 0 Å². The predicted octanol–water partition coefficient (Wildman–Crippen LogP) is 0.978. The van der Waals surface area contributed by atoms with E-state index in [1.165, 1.54) is 10.6 Å². The lowest BCUT2D eigenvalue weighted by molar-refractivity contribution is 0.0988. The van der Waals surface area contributed by atoms with Gasteiger partial charge in [0.1, 0.15) is 0 Å². The van der Waals surface area contributed by atoms with E-state index in [1.807, 2.05) is 0 Å². The van der Waals surface area contributed by atoms with Crippen molar-refractivity contribution in [1.82, 2.24) is 4.57 Å². The zero-order chi connectivity index (χ0) is 9.14. The molecule has 0 saturated carbocycles. The number of Topliss-reactive ketones (excluding diaryl/α,β-unsaturated/α-hetero) is 1. The van der Waals surface area contributed by atoms with Gasteiger partial charge in [0.2, 0.25) is 0 Å². The molecule has 0 aliphatic rings. The SMILES string of the molecule is CCC(=O)c1ccn(C)c(=O)c1. The lowest BCUT2D eigenvalue weighted by Crippen LogP contribution is -2.16. The van der Waals surface area contributed by atoms with Crippen LogP contribution in [0.5, 0.6) is 0 Å². The van der Waals surface area contributed by atoms with Crippen molar-refractivity contribution in [3.63, 3.8) is 0 Å². The average Bonchev–Trinajstić information content (AvgIpc) is 2.08. The molecule has 0 fully saturated rings. The first-order valence-electron chi connectivity index (χ1n) is 3.85. The number of aromatic nitrogens is 1. The molecular weight excluding hydrogens is 154 g/mol. The molecule has 0 atom stereocenters. The van der Waals surface area contributed by atoms with Gasteiger partial charge < -0.3 is 4.57 Å². The highest BCUT2D eigenvalue weighted by molar-refractivity contribution is 5.95. The van der Waals surface area contributed by atoms with E-state index in [2.05, 4.69) is 0 Å². The third kappa shape index (κ3) is 1.61. The normalized spacial score (nSPS) is 9.83. The van der Waals surface area contributed by atoms with Gasteiger partial charge in [-0.3, -0.25) is 9.59 Å². The van der Waals surface area contributed by atoms with Crippen molar-refractivity contribution in [2.24, 2.45) is 7.05 Å². The Labute approximate surface area is 70.6 Å². The Balaban J connectivity index is 3.13. The lowest BCUT2D eigenvalue weighted by Gasteiger charge is -1.98. The Kier molecular flexibility index (Phi) is 2.43. The fraction of sp³-hybridized carbons (Fsp3) is 0.333. The number of ketones is 1. The fourth-order valence-electron chi connectivity index (χ4n) is 0.926. The van der Waals surface area contributed by atoms with Gasteiger partial charge >= 0.3 is 0 Å². The summed E-state index contributed by atoms with van der Waals surface area (Å²) in [4.78, 5) is 22.2. The van der Waals surface area contributed by atoms with Crippen molar-refractivity contribution in [3.05, 3.63) is 34.2 Å². The molecule has 3 nitrogen and oxygen atoms in total. The first kappa shape index (κ1) is 8.71. The zero-order valence-electron chi connectivity index (χ0n) is 7.20. The number of aryl methyl sites for hydroxylation is 1. The van der Waals surface area contributed by atoms with Gasteiger partial charge in [0.25, 0.3) is 5.56 Å². The molecule has 0 aliphatic carbocycles. The highest BCUT2D eigenvalue weighted by Crippen LogP contribution is 1.98. The largest absolute Gasteiger partial charge is 0.319 e. The average molecular weight is 165 g/mol. The van der Waals surface area contributed by atoms with Crippen LogP contribution in [0, 0.1) is 0 Å². The highest BCUT2D eigenvalue weighted by atomic mass is 16.1. The van der Waals surface area contributed by atoms with Crippen LogP contribution in [0.1, 0.15) is 23.7 Å². The van der Waals surface area contributed by atoms with E-state index < -0.39 is 0 Å². The van der Waals surface area contributed by atoms with E-state index in [1.54, 1.807) is 26.2 Å². The van der Waals surface area contributed by atoms with E-state index in [4.69, 9.17) is 0 Å². The van der Waals surface area contributed by atoms with E-state index >= 15 is 0 Å². The minimum Gasteiger partial charge on any atom is -0.319 e. The second-order valence-corrected chi connectivity index (χ2v) is 2.64. The fourth-order valence-corrected chi connectivity index (χ4v) is 0.926.